The molecular weight excluding hydrogens is 350 g/mol. The summed E-state index contributed by atoms with van der Waals surface area (Å²) < 4.78 is 24.8. The summed E-state index contributed by atoms with van der Waals surface area (Å²) in [6.45, 7) is 0. The van der Waals surface area contributed by atoms with E-state index in [1.807, 2.05) is 0 Å². The standard InChI is InChI=1S/C7H2Cl2F2INO/c8-4-2(6(10)11)1-13-7(12)3(4)5(9)14/h1,6H. The molecule has 0 saturated heterocycles. The van der Waals surface area contributed by atoms with Crippen molar-refractivity contribution in [2.24, 2.45) is 0 Å². The maximum Gasteiger partial charge on any atom is 0.266 e. The van der Waals surface area contributed by atoms with Crippen LogP contribution in [0.15, 0.2) is 6.20 Å². The molecule has 0 atom stereocenters. The predicted octanol–water partition coefficient (Wildman–Crippen LogP) is 3.66. The Kier molecular flexibility index (Phi) is 4.03. The molecule has 1 aromatic heterocycles. The van der Waals surface area contributed by atoms with Crippen LogP contribution in [0, 0.1) is 3.70 Å². The van der Waals surface area contributed by atoms with Gasteiger partial charge in [-0.25, -0.2) is 13.8 Å². The third kappa shape index (κ3) is 2.32. The van der Waals surface area contributed by atoms with Crippen LogP contribution >= 0.6 is 45.8 Å². The Morgan fingerprint density at radius 2 is 2.14 bits per heavy atom. The first-order chi connectivity index (χ1) is 6.45. The molecule has 1 aromatic rings. The number of carbonyl (C=O) groups is 1. The van der Waals surface area contributed by atoms with E-state index in [2.05, 4.69) is 4.98 Å². The first-order valence-corrected chi connectivity index (χ1v) is 5.10. The highest BCUT2D eigenvalue weighted by atomic mass is 127. The Morgan fingerprint density at radius 1 is 1.57 bits per heavy atom. The van der Waals surface area contributed by atoms with Crippen LogP contribution in [0.3, 0.4) is 0 Å². The lowest BCUT2D eigenvalue weighted by Gasteiger charge is -2.06. The minimum atomic E-state index is -2.78. The SMILES string of the molecule is O=C(Cl)c1c(I)ncc(C(F)F)c1Cl. The highest BCUT2D eigenvalue weighted by Gasteiger charge is 2.21. The average Bonchev–Trinajstić information content (AvgIpc) is 2.02. The molecule has 1 rings (SSSR count). The first-order valence-electron chi connectivity index (χ1n) is 3.27. The topological polar surface area (TPSA) is 30.0 Å². The number of halogens is 5. The molecule has 0 aliphatic rings. The van der Waals surface area contributed by atoms with E-state index < -0.39 is 17.2 Å². The van der Waals surface area contributed by atoms with E-state index in [1.54, 1.807) is 22.6 Å². The number of nitrogens with zero attached hydrogens (tertiary/aromatic N) is 1. The van der Waals surface area contributed by atoms with Gasteiger partial charge >= 0.3 is 0 Å². The molecule has 0 spiro atoms. The third-order valence-corrected chi connectivity index (χ3v) is 2.84. The number of hydrogen-bond acceptors (Lipinski definition) is 2. The Hall–Kier alpha value is -0.0100. The zero-order chi connectivity index (χ0) is 10.9. The smallest absolute Gasteiger partial charge is 0.266 e. The Bertz CT molecular complexity index is 386. The zero-order valence-electron chi connectivity index (χ0n) is 6.40. The van der Waals surface area contributed by atoms with Crippen molar-refractivity contribution >= 4 is 51.0 Å². The molecule has 0 N–H and O–H groups in total. The van der Waals surface area contributed by atoms with Crippen molar-refractivity contribution in [1.82, 2.24) is 4.98 Å². The number of alkyl halides is 2. The number of carbonyl (C=O) groups excluding carboxylic acids is 1. The van der Waals surface area contributed by atoms with E-state index in [1.165, 1.54) is 0 Å². The van der Waals surface area contributed by atoms with Crippen LogP contribution in [0.2, 0.25) is 5.02 Å². The van der Waals surface area contributed by atoms with E-state index >= 15 is 0 Å². The summed E-state index contributed by atoms with van der Waals surface area (Å²) in [7, 11) is 0. The molecular formula is C7H2Cl2F2INO. The molecule has 0 aromatic carbocycles. The van der Waals surface area contributed by atoms with Crippen LogP contribution in [0.25, 0.3) is 0 Å². The number of aromatic nitrogens is 1. The quantitative estimate of drug-likeness (QED) is 0.462. The summed E-state index contributed by atoms with van der Waals surface area (Å²) in [6, 6.07) is 0. The largest absolute Gasteiger partial charge is 0.275 e. The second kappa shape index (κ2) is 4.67. The molecule has 76 valence electrons. The molecule has 0 unspecified atom stereocenters. The summed E-state index contributed by atoms with van der Waals surface area (Å²) in [4.78, 5) is 14.5. The van der Waals surface area contributed by atoms with Crippen molar-refractivity contribution < 1.29 is 13.6 Å². The van der Waals surface area contributed by atoms with Gasteiger partial charge in [0.2, 0.25) is 0 Å². The van der Waals surface area contributed by atoms with Crippen LogP contribution in [0.5, 0.6) is 0 Å². The van der Waals surface area contributed by atoms with Crippen LogP contribution in [0.4, 0.5) is 8.78 Å². The van der Waals surface area contributed by atoms with E-state index in [0.29, 0.717) is 0 Å². The predicted molar refractivity (Wildman–Crippen MR) is 57.1 cm³/mol. The molecule has 2 nitrogen and oxygen atoms in total. The second-order valence-corrected chi connectivity index (χ2v) is 4.01. The van der Waals surface area contributed by atoms with Crippen LogP contribution in [-0.2, 0) is 0 Å². The zero-order valence-corrected chi connectivity index (χ0v) is 10.1. The lowest BCUT2D eigenvalue weighted by Crippen LogP contribution is -2.01. The minimum Gasteiger partial charge on any atom is -0.275 e. The fourth-order valence-corrected chi connectivity index (χ4v) is 2.31. The normalized spacial score (nSPS) is 10.7. The highest BCUT2D eigenvalue weighted by Crippen LogP contribution is 2.31. The summed E-state index contributed by atoms with van der Waals surface area (Å²) in [5, 5.41) is -1.23. The van der Waals surface area contributed by atoms with Gasteiger partial charge in [-0.2, -0.15) is 0 Å². The van der Waals surface area contributed by atoms with Crippen molar-refractivity contribution in [3.63, 3.8) is 0 Å². The van der Waals surface area contributed by atoms with Crippen molar-refractivity contribution in [2.75, 3.05) is 0 Å². The Morgan fingerprint density at radius 3 is 2.57 bits per heavy atom. The van der Waals surface area contributed by atoms with E-state index in [9.17, 15) is 13.6 Å². The van der Waals surface area contributed by atoms with Gasteiger partial charge in [-0.3, -0.25) is 4.79 Å². The van der Waals surface area contributed by atoms with E-state index in [-0.39, 0.29) is 14.3 Å². The number of pyridine rings is 1. The van der Waals surface area contributed by atoms with Crippen molar-refractivity contribution in [3.05, 3.63) is 26.0 Å². The number of hydrogen-bond donors (Lipinski definition) is 0. The van der Waals surface area contributed by atoms with Gasteiger partial charge in [-0.15, -0.1) is 0 Å². The van der Waals surface area contributed by atoms with Gasteiger partial charge in [-0.05, 0) is 34.2 Å². The Labute approximate surface area is 102 Å². The molecule has 14 heavy (non-hydrogen) atoms. The average molecular weight is 352 g/mol. The van der Waals surface area contributed by atoms with Gasteiger partial charge < -0.3 is 0 Å². The van der Waals surface area contributed by atoms with Crippen LogP contribution in [0.1, 0.15) is 22.3 Å². The van der Waals surface area contributed by atoms with Gasteiger partial charge in [0.25, 0.3) is 11.7 Å². The molecule has 0 fully saturated rings. The second-order valence-electron chi connectivity index (χ2n) is 2.27. The highest BCUT2D eigenvalue weighted by molar-refractivity contribution is 14.1. The number of rotatable bonds is 2. The minimum absolute atomic E-state index is 0.174. The molecule has 0 amide bonds. The van der Waals surface area contributed by atoms with Crippen LogP contribution < -0.4 is 0 Å². The van der Waals surface area contributed by atoms with Gasteiger partial charge in [0, 0.05) is 6.20 Å². The lowest BCUT2D eigenvalue weighted by molar-refractivity contribution is 0.107. The van der Waals surface area contributed by atoms with Gasteiger partial charge in [0.15, 0.2) is 0 Å². The molecule has 7 heteroatoms. The molecule has 0 aliphatic carbocycles. The molecule has 0 aliphatic heterocycles. The monoisotopic (exact) mass is 351 g/mol. The maximum atomic E-state index is 12.3. The van der Waals surface area contributed by atoms with E-state index in [0.717, 1.165) is 6.20 Å². The van der Waals surface area contributed by atoms with Crippen LogP contribution in [-0.4, -0.2) is 10.2 Å². The summed E-state index contributed by atoms with van der Waals surface area (Å²) >= 11 is 12.4. The van der Waals surface area contributed by atoms with Gasteiger partial charge in [0.05, 0.1) is 16.1 Å². The van der Waals surface area contributed by atoms with E-state index in [4.69, 9.17) is 23.2 Å². The Balaban J connectivity index is 3.41. The fourth-order valence-electron chi connectivity index (χ4n) is 0.802. The van der Waals surface area contributed by atoms with Crippen molar-refractivity contribution in [1.29, 1.82) is 0 Å². The van der Waals surface area contributed by atoms with Gasteiger partial charge in [-0.1, -0.05) is 11.6 Å². The summed E-state index contributed by atoms with van der Waals surface area (Å²) in [5.74, 6) is 0. The molecule has 1 heterocycles. The van der Waals surface area contributed by atoms with Crippen molar-refractivity contribution in [2.45, 2.75) is 6.43 Å². The summed E-state index contributed by atoms with van der Waals surface area (Å²) in [5.41, 5.74) is -0.664. The third-order valence-electron chi connectivity index (χ3n) is 1.43. The molecule has 0 radical (unpaired) electrons. The fraction of sp³-hybridized carbons (Fsp3) is 0.143. The van der Waals surface area contributed by atoms with Gasteiger partial charge in [0.1, 0.15) is 3.70 Å². The molecule has 0 bridgehead atoms. The first kappa shape index (κ1) is 12.1. The molecule has 0 saturated carbocycles. The lowest BCUT2D eigenvalue weighted by atomic mass is 10.2. The maximum absolute atomic E-state index is 12.3. The summed E-state index contributed by atoms with van der Waals surface area (Å²) in [6.07, 6.45) is -1.85. The van der Waals surface area contributed by atoms with Crippen molar-refractivity contribution in [3.8, 4) is 0 Å².